The van der Waals surface area contributed by atoms with Crippen molar-refractivity contribution in [3.05, 3.63) is 35.5 Å². The molecule has 2 aromatic heterocycles. The molecule has 19 heavy (non-hydrogen) atoms. The molecule has 0 fully saturated rings. The fourth-order valence-electron chi connectivity index (χ4n) is 2.15. The van der Waals surface area contributed by atoms with E-state index < -0.39 is 0 Å². The number of rotatable bonds is 5. The summed E-state index contributed by atoms with van der Waals surface area (Å²) in [6, 6.07) is 1.93. The van der Waals surface area contributed by atoms with Crippen LogP contribution < -0.4 is 16.0 Å². The van der Waals surface area contributed by atoms with Crippen molar-refractivity contribution in [2.75, 3.05) is 7.11 Å². The van der Waals surface area contributed by atoms with Gasteiger partial charge < -0.3 is 9.15 Å². The number of nitrogens with two attached hydrogens (primary N) is 1. The van der Waals surface area contributed by atoms with E-state index in [2.05, 4.69) is 24.4 Å². The number of hydrazine groups is 1. The third-order valence-electron chi connectivity index (χ3n) is 3.03. The minimum atomic E-state index is -0.225. The van der Waals surface area contributed by atoms with E-state index in [-0.39, 0.29) is 12.1 Å². The Hall–Kier alpha value is -1.79. The summed E-state index contributed by atoms with van der Waals surface area (Å²) in [5.41, 5.74) is 4.64. The molecule has 0 saturated carbocycles. The van der Waals surface area contributed by atoms with Crippen LogP contribution >= 0.6 is 0 Å². The Bertz CT molecular complexity index is 545. The van der Waals surface area contributed by atoms with Crippen LogP contribution in [-0.2, 0) is 0 Å². The fourth-order valence-corrected chi connectivity index (χ4v) is 2.15. The molecule has 6 heteroatoms. The Balaban J connectivity index is 2.50. The van der Waals surface area contributed by atoms with E-state index >= 15 is 0 Å². The molecule has 0 aliphatic rings. The number of aryl methyl sites for hydroxylation is 1. The number of nitrogens with one attached hydrogen (secondary N) is 1. The normalized spacial score (nSPS) is 12.9. The Morgan fingerprint density at radius 2 is 2.21 bits per heavy atom. The van der Waals surface area contributed by atoms with Crippen molar-refractivity contribution in [2.24, 2.45) is 5.84 Å². The second kappa shape index (κ2) is 5.46. The van der Waals surface area contributed by atoms with Crippen molar-refractivity contribution < 1.29 is 9.15 Å². The zero-order valence-corrected chi connectivity index (χ0v) is 11.7. The highest BCUT2D eigenvalue weighted by molar-refractivity contribution is 5.36. The molecule has 0 saturated heterocycles. The van der Waals surface area contributed by atoms with Crippen LogP contribution in [0, 0.1) is 6.92 Å². The van der Waals surface area contributed by atoms with E-state index in [4.69, 9.17) is 15.0 Å². The first-order chi connectivity index (χ1) is 9.08. The molecule has 2 heterocycles. The van der Waals surface area contributed by atoms with Crippen LogP contribution in [0.2, 0.25) is 0 Å². The highest BCUT2D eigenvalue weighted by atomic mass is 16.5. The van der Waals surface area contributed by atoms with E-state index in [1.165, 1.54) is 0 Å². The summed E-state index contributed by atoms with van der Waals surface area (Å²) in [7, 11) is 1.62. The smallest absolute Gasteiger partial charge is 0.161 e. The summed E-state index contributed by atoms with van der Waals surface area (Å²) >= 11 is 0. The molecule has 2 aromatic rings. The van der Waals surface area contributed by atoms with Gasteiger partial charge in [0, 0.05) is 11.6 Å². The molecule has 3 N–H and O–H groups in total. The van der Waals surface area contributed by atoms with Gasteiger partial charge in [0.2, 0.25) is 0 Å². The van der Waals surface area contributed by atoms with Crippen LogP contribution in [0.1, 0.15) is 42.9 Å². The number of methoxy groups -OCH3 is 1. The quantitative estimate of drug-likeness (QED) is 0.637. The number of hydrogen-bond donors (Lipinski definition) is 2. The first kappa shape index (κ1) is 13.6. The largest absolute Gasteiger partial charge is 0.493 e. The zero-order valence-electron chi connectivity index (χ0n) is 11.7. The molecule has 1 unspecified atom stereocenters. The minimum absolute atomic E-state index is 0.211. The molecule has 0 bridgehead atoms. The summed E-state index contributed by atoms with van der Waals surface area (Å²) < 4.78 is 12.6. The second-order valence-electron chi connectivity index (χ2n) is 4.73. The predicted molar refractivity (Wildman–Crippen MR) is 71.8 cm³/mol. The monoisotopic (exact) mass is 264 g/mol. The van der Waals surface area contributed by atoms with Gasteiger partial charge >= 0.3 is 0 Å². The maximum absolute atomic E-state index is 5.71. The van der Waals surface area contributed by atoms with Crippen LogP contribution in [0.4, 0.5) is 0 Å². The number of aromatic nitrogens is 2. The average molecular weight is 264 g/mol. The molecule has 0 aliphatic heterocycles. The van der Waals surface area contributed by atoms with Gasteiger partial charge in [-0.1, -0.05) is 0 Å². The van der Waals surface area contributed by atoms with Crippen LogP contribution in [0.3, 0.4) is 0 Å². The molecule has 2 rings (SSSR count). The van der Waals surface area contributed by atoms with Gasteiger partial charge in [0.25, 0.3) is 0 Å². The lowest BCUT2D eigenvalue weighted by Gasteiger charge is -2.19. The van der Waals surface area contributed by atoms with E-state index in [1.54, 1.807) is 19.6 Å². The lowest BCUT2D eigenvalue weighted by atomic mass is 10.1. The lowest BCUT2D eigenvalue weighted by molar-refractivity contribution is 0.393. The van der Waals surface area contributed by atoms with Gasteiger partial charge in [-0.25, -0.2) is 5.43 Å². The van der Waals surface area contributed by atoms with Crippen molar-refractivity contribution in [1.29, 1.82) is 0 Å². The molecule has 0 radical (unpaired) electrons. The summed E-state index contributed by atoms with van der Waals surface area (Å²) in [6.45, 7) is 6.02. The fraction of sp³-hybridized carbons (Fsp3) is 0.462. The summed E-state index contributed by atoms with van der Waals surface area (Å²) in [5.74, 6) is 7.25. The summed E-state index contributed by atoms with van der Waals surface area (Å²) in [6.07, 6.45) is 3.39. The third-order valence-corrected chi connectivity index (χ3v) is 3.03. The Morgan fingerprint density at radius 1 is 1.47 bits per heavy atom. The Morgan fingerprint density at radius 3 is 2.68 bits per heavy atom. The van der Waals surface area contributed by atoms with Gasteiger partial charge in [-0.2, -0.15) is 5.10 Å². The Labute approximate surface area is 112 Å². The van der Waals surface area contributed by atoms with Gasteiger partial charge in [0.05, 0.1) is 25.6 Å². The molecule has 0 aromatic carbocycles. The molecule has 104 valence electrons. The predicted octanol–water partition coefficient (Wildman–Crippen LogP) is 1.93. The van der Waals surface area contributed by atoms with E-state index in [1.807, 2.05) is 17.7 Å². The highest BCUT2D eigenvalue weighted by Crippen LogP contribution is 2.32. The van der Waals surface area contributed by atoms with Crippen LogP contribution in [0.15, 0.2) is 22.9 Å². The van der Waals surface area contributed by atoms with E-state index in [0.717, 1.165) is 17.0 Å². The van der Waals surface area contributed by atoms with Crippen LogP contribution in [0.5, 0.6) is 5.75 Å². The molecule has 0 aliphatic carbocycles. The Kier molecular flexibility index (Phi) is 3.92. The van der Waals surface area contributed by atoms with Crippen LogP contribution in [-0.4, -0.2) is 16.9 Å². The van der Waals surface area contributed by atoms with Gasteiger partial charge in [0.15, 0.2) is 5.75 Å². The second-order valence-corrected chi connectivity index (χ2v) is 4.73. The van der Waals surface area contributed by atoms with E-state index in [9.17, 15) is 0 Å². The van der Waals surface area contributed by atoms with Gasteiger partial charge in [-0.05, 0) is 26.8 Å². The standard InChI is InChI=1S/C13H20N4O2/c1-8(2)17-13(11(18-4)6-15-17)12(16-14)10-5-9(3)19-7-10/h5-8,12,16H,14H2,1-4H3. The number of nitrogens with zero attached hydrogens (tertiary/aromatic N) is 2. The first-order valence-electron chi connectivity index (χ1n) is 6.21. The third kappa shape index (κ3) is 2.50. The molecular formula is C13H20N4O2. The van der Waals surface area contributed by atoms with Crippen molar-refractivity contribution >= 4 is 0 Å². The van der Waals surface area contributed by atoms with Crippen molar-refractivity contribution in [3.63, 3.8) is 0 Å². The van der Waals surface area contributed by atoms with Crippen molar-refractivity contribution in [3.8, 4) is 5.75 Å². The lowest BCUT2D eigenvalue weighted by Crippen LogP contribution is -2.31. The van der Waals surface area contributed by atoms with E-state index in [0.29, 0.717) is 5.75 Å². The maximum Gasteiger partial charge on any atom is 0.161 e. The van der Waals surface area contributed by atoms with Gasteiger partial charge in [-0.15, -0.1) is 0 Å². The number of ether oxygens (including phenoxy) is 1. The number of hydrogen-bond acceptors (Lipinski definition) is 5. The summed E-state index contributed by atoms with van der Waals surface area (Å²) in [5, 5.41) is 4.35. The molecule has 6 nitrogen and oxygen atoms in total. The SMILES string of the molecule is COc1cnn(C(C)C)c1C(NN)c1coc(C)c1. The summed E-state index contributed by atoms with van der Waals surface area (Å²) in [4.78, 5) is 0. The number of furan rings is 1. The molecule has 1 atom stereocenters. The zero-order chi connectivity index (χ0) is 14.0. The molecule has 0 amide bonds. The van der Waals surface area contributed by atoms with Gasteiger partial charge in [0.1, 0.15) is 11.5 Å². The van der Waals surface area contributed by atoms with Crippen LogP contribution in [0.25, 0.3) is 0 Å². The van der Waals surface area contributed by atoms with Gasteiger partial charge in [-0.3, -0.25) is 10.5 Å². The van der Waals surface area contributed by atoms with Crippen molar-refractivity contribution in [1.82, 2.24) is 15.2 Å². The molecular weight excluding hydrogens is 244 g/mol. The maximum atomic E-state index is 5.71. The van der Waals surface area contributed by atoms with Crippen molar-refractivity contribution in [2.45, 2.75) is 32.9 Å². The highest BCUT2D eigenvalue weighted by Gasteiger charge is 2.25. The average Bonchev–Trinajstić information content (AvgIpc) is 2.97. The topological polar surface area (TPSA) is 78.2 Å². The molecule has 0 spiro atoms. The minimum Gasteiger partial charge on any atom is -0.493 e. The first-order valence-corrected chi connectivity index (χ1v) is 6.21.